The van der Waals surface area contributed by atoms with Gasteiger partial charge < -0.3 is 14.5 Å². The number of aromatic nitrogens is 1. The summed E-state index contributed by atoms with van der Waals surface area (Å²) in [5.41, 5.74) is 4.73. The number of ether oxygens (including phenoxy) is 1. The van der Waals surface area contributed by atoms with Crippen molar-refractivity contribution in [3.63, 3.8) is 0 Å². The Labute approximate surface area is 175 Å². The molecule has 3 aromatic carbocycles. The van der Waals surface area contributed by atoms with Gasteiger partial charge in [0.15, 0.2) is 12.2 Å². The number of nitrogens with zero attached hydrogens (tertiary/aromatic N) is 1. The van der Waals surface area contributed by atoms with Gasteiger partial charge in [-0.2, -0.15) is 0 Å². The maximum absolute atomic E-state index is 12.1. The van der Waals surface area contributed by atoms with Crippen molar-refractivity contribution in [3.05, 3.63) is 83.9 Å². The van der Waals surface area contributed by atoms with E-state index in [1.54, 1.807) is 0 Å². The zero-order chi connectivity index (χ0) is 20.9. The minimum atomic E-state index is -0.161. The van der Waals surface area contributed by atoms with E-state index in [0.29, 0.717) is 24.1 Å². The third-order valence-electron chi connectivity index (χ3n) is 4.90. The van der Waals surface area contributed by atoms with Crippen molar-refractivity contribution in [2.75, 3.05) is 6.61 Å². The van der Waals surface area contributed by atoms with Crippen molar-refractivity contribution < 1.29 is 13.9 Å². The molecule has 0 spiro atoms. The van der Waals surface area contributed by atoms with Crippen molar-refractivity contribution in [1.29, 1.82) is 0 Å². The average molecular weight is 400 g/mol. The molecule has 0 saturated carbocycles. The molecule has 1 aromatic heterocycles. The molecule has 0 unspecified atom stereocenters. The number of para-hydroxylation sites is 2. The summed E-state index contributed by atoms with van der Waals surface area (Å²) in [4.78, 5) is 16.6. The van der Waals surface area contributed by atoms with Gasteiger partial charge in [0.05, 0.1) is 0 Å². The van der Waals surface area contributed by atoms with Gasteiger partial charge >= 0.3 is 0 Å². The van der Waals surface area contributed by atoms with Crippen LogP contribution in [0.2, 0.25) is 0 Å². The van der Waals surface area contributed by atoms with Crippen LogP contribution in [0.1, 0.15) is 30.9 Å². The summed E-state index contributed by atoms with van der Waals surface area (Å²) in [5.74, 6) is 1.59. The SMILES string of the molecule is CC(C)c1ccc(OCC(=O)NCc2ccc(-c3nc4ccccc4o3)cc2)cc1. The molecule has 0 bridgehead atoms. The number of benzene rings is 3. The number of amides is 1. The maximum Gasteiger partial charge on any atom is 0.258 e. The van der Waals surface area contributed by atoms with Crippen LogP contribution in [0.5, 0.6) is 5.75 Å². The molecule has 5 nitrogen and oxygen atoms in total. The van der Waals surface area contributed by atoms with Gasteiger partial charge in [-0.05, 0) is 53.4 Å². The minimum absolute atomic E-state index is 0.0119. The first-order chi connectivity index (χ1) is 14.6. The third kappa shape index (κ3) is 4.69. The first-order valence-electron chi connectivity index (χ1n) is 10.0. The summed E-state index contributed by atoms with van der Waals surface area (Å²) in [6.45, 7) is 4.70. The highest BCUT2D eigenvalue weighted by Crippen LogP contribution is 2.24. The standard InChI is InChI=1S/C25H24N2O3/c1-17(2)19-11-13-21(14-12-19)29-16-24(28)26-15-18-7-9-20(10-8-18)25-27-22-5-3-4-6-23(22)30-25/h3-14,17H,15-16H2,1-2H3,(H,26,28). The molecule has 0 aliphatic carbocycles. The van der Waals surface area contributed by atoms with Gasteiger partial charge in [-0.1, -0.05) is 50.2 Å². The van der Waals surface area contributed by atoms with Crippen LogP contribution in [0.4, 0.5) is 0 Å². The monoisotopic (exact) mass is 400 g/mol. The molecular formula is C25H24N2O3. The predicted octanol–water partition coefficient (Wildman–Crippen LogP) is 5.31. The number of rotatable bonds is 7. The van der Waals surface area contributed by atoms with Gasteiger partial charge in [0.2, 0.25) is 5.89 Å². The fourth-order valence-corrected chi connectivity index (χ4v) is 3.11. The number of fused-ring (bicyclic) bond motifs is 1. The van der Waals surface area contributed by atoms with Gasteiger partial charge in [-0.3, -0.25) is 4.79 Å². The van der Waals surface area contributed by atoms with Gasteiger partial charge in [0.1, 0.15) is 11.3 Å². The molecule has 1 amide bonds. The Morgan fingerprint density at radius 3 is 2.43 bits per heavy atom. The van der Waals surface area contributed by atoms with E-state index in [2.05, 4.69) is 24.1 Å². The number of hydrogen-bond donors (Lipinski definition) is 1. The molecule has 0 aliphatic rings. The first kappa shape index (κ1) is 19.7. The molecule has 152 valence electrons. The van der Waals surface area contributed by atoms with Crippen LogP contribution in [-0.4, -0.2) is 17.5 Å². The fraction of sp³-hybridized carbons (Fsp3) is 0.200. The van der Waals surface area contributed by atoms with Crippen molar-refractivity contribution >= 4 is 17.0 Å². The Morgan fingerprint density at radius 2 is 1.73 bits per heavy atom. The maximum atomic E-state index is 12.1. The third-order valence-corrected chi connectivity index (χ3v) is 4.90. The highest BCUT2D eigenvalue weighted by Gasteiger charge is 2.08. The molecule has 0 saturated heterocycles. The van der Waals surface area contributed by atoms with E-state index in [-0.39, 0.29) is 12.5 Å². The number of carbonyl (C=O) groups is 1. The topological polar surface area (TPSA) is 64.4 Å². The second kappa shape index (κ2) is 8.82. The minimum Gasteiger partial charge on any atom is -0.484 e. The summed E-state index contributed by atoms with van der Waals surface area (Å²) in [6, 6.07) is 23.3. The van der Waals surface area contributed by atoms with Crippen molar-refractivity contribution in [1.82, 2.24) is 10.3 Å². The summed E-state index contributed by atoms with van der Waals surface area (Å²) < 4.78 is 11.4. The number of carbonyl (C=O) groups excluding carboxylic acids is 1. The van der Waals surface area contributed by atoms with Crippen LogP contribution in [0.3, 0.4) is 0 Å². The second-order valence-corrected chi connectivity index (χ2v) is 7.47. The van der Waals surface area contributed by atoms with E-state index in [1.807, 2.05) is 72.8 Å². The van der Waals surface area contributed by atoms with Gasteiger partial charge in [-0.15, -0.1) is 0 Å². The van der Waals surface area contributed by atoms with Crippen LogP contribution >= 0.6 is 0 Å². The summed E-state index contributed by atoms with van der Waals surface area (Å²) in [6.07, 6.45) is 0. The largest absolute Gasteiger partial charge is 0.484 e. The average Bonchev–Trinajstić information content (AvgIpc) is 3.21. The number of nitrogens with one attached hydrogen (secondary N) is 1. The van der Waals surface area contributed by atoms with E-state index in [1.165, 1.54) is 5.56 Å². The molecule has 0 atom stereocenters. The highest BCUT2D eigenvalue weighted by atomic mass is 16.5. The fourth-order valence-electron chi connectivity index (χ4n) is 3.11. The van der Waals surface area contributed by atoms with E-state index in [4.69, 9.17) is 9.15 Å². The Hall–Kier alpha value is -3.60. The van der Waals surface area contributed by atoms with E-state index in [0.717, 1.165) is 22.2 Å². The van der Waals surface area contributed by atoms with Crippen molar-refractivity contribution in [2.24, 2.45) is 0 Å². The lowest BCUT2D eigenvalue weighted by molar-refractivity contribution is -0.123. The normalized spacial score (nSPS) is 11.0. The van der Waals surface area contributed by atoms with Crippen LogP contribution in [0, 0.1) is 0 Å². The van der Waals surface area contributed by atoms with E-state index >= 15 is 0 Å². The van der Waals surface area contributed by atoms with Gasteiger partial charge in [-0.25, -0.2) is 4.98 Å². The Morgan fingerprint density at radius 1 is 1.00 bits per heavy atom. The molecule has 5 heteroatoms. The molecular weight excluding hydrogens is 376 g/mol. The van der Waals surface area contributed by atoms with Gasteiger partial charge in [0, 0.05) is 12.1 Å². The Balaban J connectivity index is 1.28. The lowest BCUT2D eigenvalue weighted by Crippen LogP contribution is -2.28. The second-order valence-electron chi connectivity index (χ2n) is 7.47. The zero-order valence-corrected chi connectivity index (χ0v) is 17.1. The molecule has 4 rings (SSSR count). The molecule has 0 fully saturated rings. The summed E-state index contributed by atoms with van der Waals surface area (Å²) in [7, 11) is 0. The van der Waals surface area contributed by atoms with E-state index < -0.39 is 0 Å². The summed E-state index contributed by atoms with van der Waals surface area (Å²) >= 11 is 0. The van der Waals surface area contributed by atoms with E-state index in [9.17, 15) is 4.79 Å². The molecule has 0 aliphatic heterocycles. The number of oxazole rings is 1. The zero-order valence-electron chi connectivity index (χ0n) is 17.1. The predicted molar refractivity (Wildman–Crippen MR) is 117 cm³/mol. The van der Waals surface area contributed by atoms with Crippen LogP contribution in [0.15, 0.2) is 77.2 Å². The van der Waals surface area contributed by atoms with Crippen molar-refractivity contribution in [2.45, 2.75) is 26.3 Å². The van der Waals surface area contributed by atoms with Crippen molar-refractivity contribution in [3.8, 4) is 17.2 Å². The van der Waals surface area contributed by atoms with Gasteiger partial charge in [0.25, 0.3) is 5.91 Å². The Bertz CT molecular complexity index is 1100. The van der Waals surface area contributed by atoms with Crippen LogP contribution < -0.4 is 10.1 Å². The highest BCUT2D eigenvalue weighted by molar-refractivity contribution is 5.77. The lowest BCUT2D eigenvalue weighted by Gasteiger charge is -2.09. The smallest absolute Gasteiger partial charge is 0.258 e. The number of hydrogen-bond acceptors (Lipinski definition) is 4. The molecule has 0 radical (unpaired) electrons. The quantitative estimate of drug-likeness (QED) is 0.456. The first-order valence-corrected chi connectivity index (χ1v) is 10.0. The molecule has 4 aromatic rings. The molecule has 1 N–H and O–H groups in total. The summed E-state index contributed by atoms with van der Waals surface area (Å²) in [5, 5.41) is 2.88. The Kier molecular flexibility index (Phi) is 5.80. The van der Waals surface area contributed by atoms with Crippen LogP contribution in [-0.2, 0) is 11.3 Å². The van der Waals surface area contributed by atoms with Crippen LogP contribution in [0.25, 0.3) is 22.6 Å². The molecule has 1 heterocycles. The lowest BCUT2D eigenvalue weighted by atomic mass is 10.0. The molecule has 30 heavy (non-hydrogen) atoms.